The molecule has 2 N–H and O–H groups in total. The summed E-state index contributed by atoms with van der Waals surface area (Å²) in [5.41, 5.74) is 1.03. The molecular weight excluding hydrogens is 322 g/mol. The standard InChI is InChI=1S/C16H18ClNO3S/c1-16(2,3)11-4-7-13(8-5-11)22(20,21)18-14-10-12(17)6-9-15(14)19/h4-10,18-19H,1-3H3. The van der Waals surface area contributed by atoms with E-state index in [0.29, 0.717) is 5.02 Å². The number of phenols is 1. The van der Waals surface area contributed by atoms with Gasteiger partial charge in [-0.2, -0.15) is 0 Å². The van der Waals surface area contributed by atoms with Gasteiger partial charge in [0.05, 0.1) is 10.6 Å². The van der Waals surface area contributed by atoms with E-state index in [1.54, 1.807) is 24.3 Å². The fraction of sp³-hybridized carbons (Fsp3) is 0.250. The number of nitrogens with one attached hydrogen (secondary N) is 1. The fourth-order valence-electron chi connectivity index (χ4n) is 1.93. The van der Waals surface area contributed by atoms with Crippen LogP contribution in [0.15, 0.2) is 47.4 Å². The Morgan fingerprint density at radius 3 is 2.18 bits per heavy atom. The van der Waals surface area contributed by atoms with Crippen molar-refractivity contribution in [2.45, 2.75) is 31.1 Å². The Hall–Kier alpha value is -1.72. The van der Waals surface area contributed by atoms with Crippen LogP contribution in [0.2, 0.25) is 5.02 Å². The van der Waals surface area contributed by atoms with E-state index in [9.17, 15) is 13.5 Å². The van der Waals surface area contributed by atoms with E-state index in [2.05, 4.69) is 25.5 Å². The second-order valence-electron chi connectivity index (χ2n) is 6.04. The molecule has 0 heterocycles. The zero-order chi connectivity index (χ0) is 16.5. The van der Waals surface area contributed by atoms with Gasteiger partial charge in [-0.05, 0) is 41.3 Å². The fourth-order valence-corrected chi connectivity index (χ4v) is 3.17. The van der Waals surface area contributed by atoms with Gasteiger partial charge in [0.1, 0.15) is 5.75 Å². The van der Waals surface area contributed by atoms with Crippen LogP contribution in [0.4, 0.5) is 5.69 Å². The second-order valence-corrected chi connectivity index (χ2v) is 8.16. The van der Waals surface area contributed by atoms with Gasteiger partial charge >= 0.3 is 0 Å². The highest BCUT2D eigenvalue weighted by molar-refractivity contribution is 7.92. The van der Waals surface area contributed by atoms with Crippen molar-refractivity contribution >= 4 is 27.3 Å². The molecule has 4 nitrogen and oxygen atoms in total. The Balaban J connectivity index is 2.33. The van der Waals surface area contributed by atoms with Crippen LogP contribution in [-0.2, 0) is 15.4 Å². The van der Waals surface area contributed by atoms with E-state index < -0.39 is 10.0 Å². The number of hydrogen-bond acceptors (Lipinski definition) is 3. The maximum absolute atomic E-state index is 12.4. The molecule has 0 amide bonds. The first-order chi connectivity index (χ1) is 10.1. The topological polar surface area (TPSA) is 66.4 Å². The molecule has 2 aromatic rings. The van der Waals surface area contributed by atoms with Crippen molar-refractivity contribution in [3.8, 4) is 5.75 Å². The van der Waals surface area contributed by atoms with E-state index in [0.717, 1.165) is 5.56 Å². The predicted molar refractivity (Wildman–Crippen MR) is 89.1 cm³/mol. The summed E-state index contributed by atoms with van der Waals surface area (Å²) in [7, 11) is -3.78. The normalized spacial score (nSPS) is 12.2. The summed E-state index contributed by atoms with van der Waals surface area (Å²) in [5, 5.41) is 10.0. The largest absolute Gasteiger partial charge is 0.506 e. The molecule has 0 saturated carbocycles. The lowest BCUT2D eigenvalue weighted by Gasteiger charge is -2.19. The minimum atomic E-state index is -3.78. The molecule has 0 aliphatic heterocycles. The average Bonchev–Trinajstić information content (AvgIpc) is 2.42. The van der Waals surface area contributed by atoms with Gasteiger partial charge in [0.15, 0.2) is 0 Å². The third kappa shape index (κ3) is 3.72. The Labute approximate surface area is 135 Å². The molecule has 0 atom stereocenters. The summed E-state index contributed by atoms with van der Waals surface area (Å²) < 4.78 is 27.1. The second kappa shape index (κ2) is 5.82. The van der Waals surface area contributed by atoms with Crippen molar-refractivity contribution in [1.29, 1.82) is 0 Å². The quantitative estimate of drug-likeness (QED) is 0.826. The van der Waals surface area contributed by atoms with Gasteiger partial charge < -0.3 is 5.11 Å². The Kier molecular flexibility index (Phi) is 4.40. The Morgan fingerprint density at radius 2 is 1.64 bits per heavy atom. The number of anilines is 1. The molecule has 2 rings (SSSR count). The monoisotopic (exact) mass is 339 g/mol. The molecule has 22 heavy (non-hydrogen) atoms. The predicted octanol–water partition coefficient (Wildman–Crippen LogP) is 4.14. The van der Waals surface area contributed by atoms with Gasteiger partial charge in [0.2, 0.25) is 0 Å². The van der Waals surface area contributed by atoms with Crippen LogP contribution in [0.5, 0.6) is 5.75 Å². The Bertz CT molecular complexity index is 778. The number of hydrogen-bond donors (Lipinski definition) is 2. The van der Waals surface area contributed by atoms with Crippen LogP contribution in [0, 0.1) is 0 Å². The molecule has 2 aromatic carbocycles. The molecule has 0 radical (unpaired) electrons. The SMILES string of the molecule is CC(C)(C)c1ccc(S(=O)(=O)Nc2cc(Cl)ccc2O)cc1. The van der Waals surface area contributed by atoms with Gasteiger partial charge in [0.25, 0.3) is 10.0 Å². The number of phenolic OH excluding ortho intramolecular Hbond substituents is 1. The number of benzene rings is 2. The summed E-state index contributed by atoms with van der Waals surface area (Å²) in [4.78, 5) is 0.125. The lowest BCUT2D eigenvalue weighted by Crippen LogP contribution is -2.15. The smallest absolute Gasteiger partial charge is 0.262 e. The van der Waals surface area contributed by atoms with Gasteiger partial charge in [-0.15, -0.1) is 0 Å². The first-order valence-corrected chi connectivity index (χ1v) is 8.57. The summed E-state index contributed by atoms with van der Waals surface area (Å²) in [6.07, 6.45) is 0. The van der Waals surface area contributed by atoms with Gasteiger partial charge in [-0.25, -0.2) is 8.42 Å². The average molecular weight is 340 g/mol. The molecule has 0 aliphatic rings. The lowest BCUT2D eigenvalue weighted by atomic mass is 9.87. The van der Waals surface area contributed by atoms with Crippen molar-refractivity contribution < 1.29 is 13.5 Å². The highest BCUT2D eigenvalue weighted by Gasteiger charge is 2.18. The first-order valence-electron chi connectivity index (χ1n) is 6.71. The first kappa shape index (κ1) is 16.6. The number of rotatable bonds is 3. The van der Waals surface area contributed by atoms with E-state index in [1.165, 1.54) is 18.2 Å². The zero-order valence-corrected chi connectivity index (χ0v) is 14.2. The molecule has 0 aliphatic carbocycles. The van der Waals surface area contributed by atoms with Gasteiger partial charge in [0, 0.05) is 5.02 Å². The molecular formula is C16H18ClNO3S. The molecule has 6 heteroatoms. The van der Waals surface area contributed by atoms with Crippen molar-refractivity contribution in [2.75, 3.05) is 4.72 Å². The molecule has 0 unspecified atom stereocenters. The van der Waals surface area contributed by atoms with Crippen molar-refractivity contribution in [2.24, 2.45) is 0 Å². The van der Waals surface area contributed by atoms with Crippen LogP contribution in [-0.4, -0.2) is 13.5 Å². The molecule has 0 spiro atoms. The van der Waals surface area contributed by atoms with Crippen LogP contribution in [0.3, 0.4) is 0 Å². The molecule has 118 valence electrons. The van der Waals surface area contributed by atoms with E-state index in [-0.39, 0.29) is 21.7 Å². The number of aromatic hydroxyl groups is 1. The molecule has 0 saturated heterocycles. The summed E-state index contributed by atoms with van der Waals surface area (Å²) in [5.74, 6) is -0.181. The Morgan fingerprint density at radius 1 is 1.05 bits per heavy atom. The molecule has 0 bridgehead atoms. The minimum absolute atomic E-state index is 0.0485. The summed E-state index contributed by atoms with van der Waals surface area (Å²) in [6.45, 7) is 6.16. The maximum atomic E-state index is 12.4. The minimum Gasteiger partial charge on any atom is -0.506 e. The van der Waals surface area contributed by atoms with Crippen LogP contribution >= 0.6 is 11.6 Å². The summed E-state index contributed by atoms with van der Waals surface area (Å²) >= 11 is 5.82. The maximum Gasteiger partial charge on any atom is 0.262 e. The van der Waals surface area contributed by atoms with Crippen molar-refractivity contribution in [3.05, 3.63) is 53.1 Å². The highest BCUT2D eigenvalue weighted by Crippen LogP contribution is 2.29. The van der Waals surface area contributed by atoms with Crippen molar-refractivity contribution in [1.82, 2.24) is 0 Å². The highest BCUT2D eigenvalue weighted by atomic mass is 35.5. The third-order valence-electron chi connectivity index (χ3n) is 3.23. The molecule has 0 aromatic heterocycles. The van der Waals surface area contributed by atoms with E-state index in [1.807, 2.05) is 0 Å². The van der Waals surface area contributed by atoms with Crippen LogP contribution < -0.4 is 4.72 Å². The molecule has 0 fully saturated rings. The van der Waals surface area contributed by atoms with Gasteiger partial charge in [-0.3, -0.25) is 4.72 Å². The van der Waals surface area contributed by atoms with Crippen LogP contribution in [0.25, 0.3) is 0 Å². The number of halogens is 1. The zero-order valence-electron chi connectivity index (χ0n) is 12.6. The van der Waals surface area contributed by atoms with Gasteiger partial charge in [-0.1, -0.05) is 44.5 Å². The van der Waals surface area contributed by atoms with E-state index in [4.69, 9.17) is 11.6 Å². The third-order valence-corrected chi connectivity index (χ3v) is 4.85. The van der Waals surface area contributed by atoms with E-state index >= 15 is 0 Å². The van der Waals surface area contributed by atoms with Crippen molar-refractivity contribution in [3.63, 3.8) is 0 Å². The number of sulfonamides is 1. The van der Waals surface area contributed by atoms with Crippen LogP contribution in [0.1, 0.15) is 26.3 Å². The summed E-state index contributed by atoms with van der Waals surface area (Å²) in [6, 6.07) is 10.8. The lowest BCUT2D eigenvalue weighted by molar-refractivity contribution is 0.477.